The van der Waals surface area contributed by atoms with Crippen molar-refractivity contribution >= 4 is 34.7 Å². The number of nitrogen functional groups attached to an aromatic ring is 1. The van der Waals surface area contributed by atoms with Crippen molar-refractivity contribution in [3.63, 3.8) is 0 Å². The summed E-state index contributed by atoms with van der Waals surface area (Å²) in [4.78, 5) is 39.4. The first kappa shape index (κ1) is 16.8. The average molecular weight is 391 g/mol. The molecule has 0 saturated heterocycles. The largest absolute Gasteiger partial charge is 0.410 e. The molecule has 11 heteroatoms. The van der Waals surface area contributed by atoms with Gasteiger partial charge < -0.3 is 10.2 Å². The molecule has 0 spiro atoms. The Bertz CT molecular complexity index is 1080. The summed E-state index contributed by atoms with van der Waals surface area (Å²) in [7, 11) is 0. The molecule has 3 N–H and O–H groups in total. The van der Waals surface area contributed by atoms with Crippen LogP contribution in [0.25, 0.3) is 10.8 Å². The number of aromatic amines is 1. The highest BCUT2D eigenvalue weighted by molar-refractivity contribution is 7.99. The van der Waals surface area contributed by atoms with Crippen molar-refractivity contribution in [3.05, 3.63) is 43.9 Å². The van der Waals surface area contributed by atoms with Gasteiger partial charge in [0, 0.05) is 6.04 Å². The molecular weight excluding hydrogens is 378 g/mol. The first-order chi connectivity index (χ1) is 12.5. The third-order valence-corrected chi connectivity index (χ3v) is 5.51. The lowest BCUT2D eigenvalue weighted by atomic mass is 10.2. The molecule has 0 aromatic carbocycles. The number of thiophene rings is 1. The van der Waals surface area contributed by atoms with Gasteiger partial charge in [-0.05, 0) is 24.3 Å². The SMILES string of the molecule is Nc1c(C(=O)CSc2nnc(-c3cccs3)o2)c(=O)[nH]c(=O)n1C1CC1. The van der Waals surface area contributed by atoms with E-state index < -0.39 is 17.0 Å². The molecule has 0 atom stereocenters. The Morgan fingerprint density at radius 2 is 2.23 bits per heavy atom. The van der Waals surface area contributed by atoms with E-state index in [0.717, 1.165) is 29.5 Å². The first-order valence-corrected chi connectivity index (χ1v) is 9.59. The van der Waals surface area contributed by atoms with Gasteiger partial charge in [-0.2, -0.15) is 0 Å². The predicted octanol–water partition coefficient (Wildman–Crippen LogP) is 1.54. The van der Waals surface area contributed by atoms with Crippen LogP contribution in [-0.2, 0) is 0 Å². The number of thioether (sulfide) groups is 1. The van der Waals surface area contributed by atoms with Gasteiger partial charge in [0.15, 0.2) is 5.78 Å². The summed E-state index contributed by atoms with van der Waals surface area (Å²) in [5.41, 5.74) is 4.36. The van der Waals surface area contributed by atoms with Crippen LogP contribution in [0.5, 0.6) is 0 Å². The third-order valence-electron chi connectivity index (χ3n) is 3.84. The van der Waals surface area contributed by atoms with Crippen molar-refractivity contribution < 1.29 is 9.21 Å². The molecule has 134 valence electrons. The molecule has 0 radical (unpaired) electrons. The van der Waals surface area contributed by atoms with Gasteiger partial charge in [-0.1, -0.05) is 17.8 Å². The van der Waals surface area contributed by atoms with Crippen LogP contribution >= 0.6 is 23.1 Å². The van der Waals surface area contributed by atoms with E-state index in [1.165, 1.54) is 15.9 Å². The molecule has 1 aliphatic carbocycles. The minimum Gasteiger partial charge on any atom is -0.410 e. The molecule has 4 rings (SSSR count). The number of Topliss-reactive ketones (excluding diaryl/α,β-unsaturated/α-hetero) is 1. The van der Waals surface area contributed by atoms with Crippen LogP contribution in [0.2, 0.25) is 0 Å². The second-order valence-corrected chi connectivity index (χ2v) is 7.56. The fourth-order valence-electron chi connectivity index (χ4n) is 2.50. The standard InChI is InChI=1S/C15H13N5O4S2/c16-11-10(12(22)17-14(23)20(11)7-3-4-7)8(21)6-26-15-19-18-13(24-15)9-2-1-5-25-9/h1-2,5,7H,3-4,6,16H2,(H,17,22,23). The van der Waals surface area contributed by atoms with Crippen LogP contribution in [0.3, 0.4) is 0 Å². The van der Waals surface area contributed by atoms with E-state index in [1.807, 2.05) is 17.5 Å². The topological polar surface area (TPSA) is 137 Å². The lowest BCUT2D eigenvalue weighted by Crippen LogP contribution is -2.36. The number of H-pyrrole nitrogens is 1. The summed E-state index contributed by atoms with van der Waals surface area (Å²) in [6, 6.07) is 3.66. The maximum Gasteiger partial charge on any atom is 0.330 e. The van der Waals surface area contributed by atoms with Crippen LogP contribution in [-0.4, -0.2) is 31.3 Å². The van der Waals surface area contributed by atoms with Gasteiger partial charge in [-0.3, -0.25) is 19.1 Å². The number of nitrogens with two attached hydrogens (primary N) is 1. The zero-order valence-corrected chi connectivity index (χ0v) is 14.9. The summed E-state index contributed by atoms with van der Waals surface area (Å²) in [6.45, 7) is 0. The van der Waals surface area contributed by atoms with Crippen LogP contribution < -0.4 is 17.0 Å². The molecule has 9 nitrogen and oxygen atoms in total. The van der Waals surface area contributed by atoms with Crippen molar-refractivity contribution in [2.24, 2.45) is 0 Å². The number of carbonyl (C=O) groups excluding carboxylic acids is 1. The number of nitrogens with one attached hydrogen (secondary N) is 1. The summed E-state index contributed by atoms with van der Waals surface area (Å²) in [5, 5.41) is 9.91. The molecule has 1 aliphatic rings. The Kier molecular flexibility index (Phi) is 4.24. The molecule has 0 amide bonds. The molecule has 3 heterocycles. The Hall–Kier alpha value is -2.66. The van der Waals surface area contributed by atoms with Gasteiger partial charge in [0.05, 0.1) is 10.6 Å². The summed E-state index contributed by atoms with van der Waals surface area (Å²) in [5.74, 6) is -0.326. The van der Waals surface area contributed by atoms with Gasteiger partial charge in [-0.25, -0.2) is 4.79 Å². The molecule has 0 aliphatic heterocycles. The molecule has 26 heavy (non-hydrogen) atoms. The predicted molar refractivity (Wildman–Crippen MR) is 96.7 cm³/mol. The van der Waals surface area contributed by atoms with E-state index in [1.54, 1.807) is 0 Å². The van der Waals surface area contributed by atoms with Crippen LogP contribution in [0.15, 0.2) is 36.7 Å². The molecular formula is C15H13N5O4S2. The van der Waals surface area contributed by atoms with Crippen molar-refractivity contribution in [1.82, 2.24) is 19.7 Å². The van der Waals surface area contributed by atoms with Crippen LogP contribution in [0, 0.1) is 0 Å². The maximum atomic E-state index is 12.5. The van der Waals surface area contributed by atoms with Gasteiger partial charge in [-0.15, -0.1) is 21.5 Å². The molecule has 0 unspecified atom stereocenters. The molecule has 1 fully saturated rings. The van der Waals surface area contributed by atoms with Crippen molar-refractivity contribution in [3.8, 4) is 10.8 Å². The second-order valence-electron chi connectivity index (χ2n) is 5.68. The molecule has 3 aromatic rings. The number of rotatable bonds is 6. The Morgan fingerprint density at radius 3 is 2.92 bits per heavy atom. The highest BCUT2D eigenvalue weighted by atomic mass is 32.2. The Labute approximate surface area is 154 Å². The normalized spacial score (nSPS) is 13.8. The minimum absolute atomic E-state index is 0.0529. The second kappa shape index (κ2) is 6.57. The number of carbonyl (C=O) groups is 1. The van der Waals surface area contributed by atoms with E-state index in [-0.39, 0.29) is 28.4 Å². The highest BCUT2D eigenvalue weighted by Crippen LogP contribution is 2.35. The fraction of sp³-hybridized carbons (Fsp3) is 0.267. The number of nitrogens with zero attached hydrogens (tertiary/aromatic N) is 3. The Morgan fingerprint density at radius 1 is 1.42 bits per heavy atom. The zero-order valence-electron chi connectivity index (χ0n) is 13.3. The van der Waals surface area contributed by atoms with E-state index in [9.17, 15) is 14.4 Å². The highest BCUT2D eigenvalue weighted by Gasteiger charge is 2.30. The number of aromatic nitrogens is 4. The smallest absolute Gasteiger partial charge is 0.330 e. The van der Waals surface area contributed by atoms with E-state index in [2.05, 4.69) is 15.2 Å². The van der Waals surface area contributed by atoms with Gasteiger partial charge in [0.25, 0.3) is 16.7 Å². The van der Waals surface area contributed by atoms with Gasteiger partial charge in [0.1, 0.15) is 11.4 Å². The van der Waals surface area contributed by atoms with Crippen LogP contribution in [0.4, 0.5) is 5.82 Å². The van der Waals surface area contributed by atoms with Crippen molar-refractivity contribution in [2.45, 2.75) is 24.1 Å². The van der Waals surface area contributed by atoms with E-state index in [4.69, 9.17) is 10.2 Å². The van der Waals surface area contributed by atoms with Crippen molar-refractivity contribution in [1.29, 1.82) is 0 Å². The van der Waals surface area contributed by atoms with Gasteiger partial charge in [0.2, 0.25) is 0 Å². The summed E-state index contributed by atoms with van der Waals surface area (Å²) in [6.07, 6.45) is 1.60. The lowest BCUT2D eigenvalue weighted by molar-refractivity contribution is 0.102. The first-order valence-electron chi connectivity index (χ1n) is 7.72. The zero-order chi connectivity index (χ0) is 18.3. The molecule has 0 bridgehead atoms. The number of hydrogen-bond donors (Lipinski definition) is 2. The fourth-order valence-corrected chi connectivity index (χ4v) is 3.78. The Balaban J connectivity index is 1.53. The van der Waals surface area contributed by atoms with Crippen LogP contribution in [0.1, 0.15) is 29.2 Å². The van der Waals surface area contributed by atoms with Gasteiger partial charge >= 0.3 is 5.69 Å². The third kappa shape index (κ3) is 3.10. The quantitative estimate of drug-likeness (QED) is 0.477. The number of hydrogen-bond acceptors (Lipinski definition) is 9. The molecule has 1 saturated carbocycles. The number of ketones is 1. The summed E-state index contributed by atoms with van der Waals surface area (Å²) < 4.78 is 6.77. The number of anilines is 1. The lowest BCUT2D eigenvalue weighted by Gasteiger charge is -2.10. The average Bonchev–Trinajstić information content (AvgIpc) is 3.10. The summed E-state index contributed by atoms with van der Waals surface area (Å²) >= 11 is 2.47. The maximum absolute atomic E-state index is 12.5. The molecule has 3 aromatic heterocycles. The minimum atomic E-state index is -0.778. The monoisotopic (exact) mass is 391 g/mol. The van der Waals surface area contributed by atoms with E-state index >= 15 is 0 Å². The van der Waals surface area contributed by atoms with E-state index in [0.29, 0.717) is 5.89 Å². The van der Waals surface area contributed by atoms with Crippen molar-refractivity contribution in [2.75, 3.05) is 11.5 Å².